The molecule has 0 amide bonds. The highest BCUT2D eigenvalue weighted by Crippen LogP contribution is 2.15. The summed E-state index contributed by atoms with van der Waals surface area (Å²) in [5.41, 5.74) is 1.32. The van der Waals surface area contributed by atoms with Crippen LogP contribution in [0.3, 0.4) is 0 Å². The third kappa shape index (κ3) is 2.83. The van der Waals surface area contributed by atoms with Gasteiger partial charge in [0.1, 0.15) is 0 Å². The lowest BCUT2D eigenvalue weighted by Crippen LogP contribution is -2.26. The monoisotopic (exact) mass is 260 g/mol. The predicted octanol–water partition coefficient (Wildman–Crippen LogP) is 2.18. The van der Waals surface area contributed by atoms with Gasteiger partial charge in [0.15, 0.2) is 20.3 Å². The summed E-state index contributed by atoms with van der Waals surface area (Å²) in [6, 6.07) is 6.65. The Kier molecular flexibility index (Phi) is 4.10. The third-order valence-corrected chi connectivity index (χ3v) is 4.92. The van der Waals surface area contributed by atoms with Crippen LogP contribution in [0.2, 0.25) is 0 Å². The molecular formula is C11H13ClO3S. The van der Waals surface area contributed by atoms with E-state index in [0.29, 0.717) is 5.56 Å². The SMILES string of the molecule is CCS(=O)(=O)[C@@H](Cl)C(=O)c1ccc(C)cc1. The van der Waals surface area contributed by atoms with Crippen molar-refractivity contribution in [2.45, 2.75) is 18.6 Å². The first-order chi connectivity index (χ1) is 7.38. The van der Waals surface area contributed by atoms with Crippen LogP contribution in [0, 0.1) is 6.92 Å². The predicted molar refractivity (Wildman–Crippen MR) is 64.6 cm³/mol. The molecule has 0 aliphatic rings. The van der Waals surface area contributed by atoms with Crippen LogP contribution < -0.4 is 0 Å². The Bertz CT molecular complexity index is 476. The number of benzene rings is 1. The minimum atomic E-state index is -3.54. The molecule has 16 heavy (non-hydrogen) atoms. The average Bonchev–Trinajstić information content (AvgIpc) is 2.28. The van der Waals surface area contributed by atoms with Crippen LogP contribution in [0.4, 0.5) is 0 Å². The molecule has 0 bridgehead atoms. The Morgan fingerprint density at radius 3 is 2.25 bits per heavy atom. The summed E-state index contributed by atoms with van der Waals surface area (Å²) in [5.74, 6) is -0.706. The lowest BCUT2D eigenvalue weighted by molar-refractivity contribution is 0.101. The van der Waals surface area contributed by atoms with Crippen LogP contribution in [0.1, 0.15) is 22.8 Å². The van der Waals surface area contributed by atoms with Crippen molar-refractivity contribution in [2.24, 2.45) is 0 Å². The molecule has 88 valence electrons. The first kappa shape index (κ1) is 13.2. The molecule has 0 saturated heterocycles. The van der Waals surface area contributed by atoms with Crippen molar-refractivity contribution in [2.75, 3.05) is 5.75 Å². The van der Waals surface area contributed by atoms with Crippen molar-refractivity contribution in [3.8, 4) is 0 Å². The summed E-state index contributed by atoms with van der Waals surface area (Å²) >= 11 is 5.66. The summed E-state index contributed by atoms with van der Waals surface area (Å²) in [7, 11) is -3.54. The number of carbonyl (C=O) groups is 1. The number of hydrogen-bond acceptors (Lipinski definition) is 3. The fraction of sp³-hybridized carbons (Fsp3) is 0.364. The van der Waals surface area contributed by atoms with Crippen LogP contribution in [0.15, 0.2) is 24.3 Å². The molecule has 1 aromatic rings. The first-order valence-electron chi connectivity index (χ1n) is 4.85. The smallest absolute Gasteiger partial charge is 0.197 e. The van der Waals surface area contributed by atoms with E-state index in [9.17, 15) is 13.2 Å². The number of ketones is 1. The normalized spacial score (nSPS) is 13.4. The lowest BCUT2D eigenvalue weighted by Gasteiger charge is -2.08. The molecular weight excluding hydrogens is 248 g/mol. The maximum atomic E-state index is 11.8. The van der Waals surface area contributed by atoms with Gasteiger partial charge in [-0.15, -0.1) is 0 Å². The van der Waals surface area contributed by atoms with Crippen molar-refractivity contribution < 1.29 is 13.2 Å². The zero-order valence-electron chi connectivity index (χ0n) is 9.10. The van der Waals surface area contributed by atoms with Crippen molar-refractivity contribution in [1.82, 2.24) is 0 Å². The number of halogens is 1. The van der Waals surface area contributed by atoms with Crippen molar-refractivity contribution in [3.63, 3.8) is 0 Å². The molecule has 1 atom stereocenters. The molecule has 1 rings (SSSR count). The van der Waals surface area contributed by atoms with Gasteiger partial charge >= 0.3 is 0 Å². The van der Waals surface area contributed by atoms with Crippen LogP contribution in [-0.4, -0.2) is 24.7 Å². The summed E-state index contributed by atoms with van der Waals surface area (Å²) < 4.78 is 21.4. The Hall–Kier alpha value is -0.870. The van der Waals surface area contributed by atoms with Gasteiger partial charge in [-0.3, -0.25) is 4.79 Å². The molecule has 0 radical (unpaired) electrons. The largest absolute Gasteiger partial charge is 0.291 e. The van der Waals surface area contributed by atoms with Gasteiger partial charge in [-0.1, -0.05) is 48.4 Å². The topological polar surface area (TPSA) is 51.2 Å². The van der Waals surface area contributed by atoms with E-state index in [1.165, 1.54) is 6.92 Å². The zero-order valence-corrected chi connectivity index (χ0v) is 10.7. The van der Waals surface area contributed by atoms with Gasteiger partial charge in [0.25, 0.3) is 0 Å². The number of alkyl halides is 1. The van der Waals surface area contributed by atoms with Crippen molar-refractivity contribution in [3.05, 3.63) is 35.4 Å². The molecule has 0 heterocycles. The average molecular weight is 261 g/mol. The molecule has 3 nitrogen and oxygen atoms in total. The van der Waals surface area contributed by atoms with E-state index in [4.69, 9.17) is 11.6 Å². The van der Waals surface area contributed by atoms with Crippen LogP contribution in [-0.2, 0) is 9.84 Å². The molecule has 0 spiro atoms. The number of sulfone groups is 1. The maximum absolute atomic E-state index is 11.8. The molecule has 0 saturated carbocycles. The number of carbonyl (C=O) groups excluding carboxylic acids is 1. The second-order valence-corrected chi connectivity index (χ2v) is 6.57. The second kappa shape index (κ2) is 4.97. The van der Waals surface area contributed by atoms with Crippen LogP contribution >= 0.6 is 11.6 Å². The van der Waals surface area contributed by atoms with E-state index in [1.807, 2.05) is 6.92 Å². The highest BCUT2D eigenvalue weighted by atomic mass is 35.5. The summed E-state index contributed by atoms with van der Waals surface area (Å²) in [6.45, 7) is 3.35. The standard InChI is InChI=1S/C11H13ClO3S/c1-3-16(14,15)11(12)10(13)9-6-4-8(2)5-7-9/h4-7,11H,3H2,1-2H3/t11-/m1/s1. The minimum absolute atomic E-state index is 0.140. The zero-order chi connectivity index (χ0) is 12.3. The molecule has 0 unspecified atom stereocenters. The Labute approximate surface area is 100 Å². The highest BCUT2D eigenvalue weighted by Gasteiger charge is 2.29. The molecule has 5 heteroatoms. The quantitative estimate of drug-likeness (QED) is 0.616. The highest BCUT2D eigenvalue weighted by molar-refractivity contribution is 7.94. The summed E-state index contributed by atoms with van der Waals surface area (Å²) in [6.07, 6.45) is 0. The Morgan fingerprint density at radius 1 is 1.31 bits per heavy atom. The molecule has 0 aliphatic carbocycles. The van der Waals surface area contributed by atoms with E-state index in [-0.39, 0.29) is 5.75 Å². The Balaban J connectivity index is 2.99. The van der Waals surface area contributed by atoms with E-state index in [2.05, 4.69) is 0 Å². The van der Waals surface area contributed by atoms with E-state index >= 15 is 0 Å². The second-order valence-electron chi connectivity index (χ2n) is 3.50. The maximum Gasteiger partial charge on any atom is 0.197 e. The molecule has 0 N–H and O–H groups in total. The van der Waals surface area contributed by atoms with E-state index in [0.717, 1.165) is 5.56 Å². The van der Waals surface area contributed by atoms with Gasteiger partial charge in [0.2, 0.25) is 0 Å². The van der Waals surface area contributed by atoms with Crippen molar-refractivity contribution >= 4 is 27.2 Å². The lowest BCUT2D eigenvalue weighted by atomic mass is 10.1. The van der Waals surface area contributed by atoms with Gasteiger partial charge in [-0.2, -0.15) is 0 Å². The number of aryl methyl sites for hydroxylation is 1. The van der Waals surface area contributed by atoms with Gasteiger partial charge in [0.05, 0.1) is 0 Å². The van der Waals surface area contributed by atoms with Crippen LogP contribution in [0.5, 0.6) is 0 Å². The van der Waals surface area contributed by atoms with E-state index in [1.54, 1.807) is 24.3 Å². The minimum Gasteiger partial charge on any atom is -0.291 e. The molecule has 0 aliphatic heterocycles. The van der Waals surface area contributed by atoms with Gasteiger partial charge in [0, 0.05) is 11.3 Å². The number of Topliss-reactive ketones (excluding diaryl/α,β-unsaturated/α-hetero) is 1. The van der Waals surface area contributed by atoms with Crippen LogP contribution in [0.25, 0.3) is 0 Å². The fourth-order valence-corrected chi connectivity index (χ4v) is 2.42. The fourth-order valence-electron chi connectivity index (χ4n) is 1.16. The van der Waals surface area contributed by atoms with Gasteiger partial charge in [-0.25, -0.2) is 8.42 Å². The number of hydrogen-bond donors (Lipinski definition) is 0. The molecule has 0 fully saturated rings. The summed E-state index contributed by atoms with van der Waals surface area (Å²) in [4.78, 5) is 11.8. The van der Waals surface area contributed by atoms with Crippen molar-refractivity contribution in [1.29, 1.82) is 0 Å². The van der Waals surface area contributed by atoms with E-state index < -0.39 is 20.3 Å². The molecule has 1 aromatic carbocycles. The Morgan fingerprint density at radius 2 is 1.81 bits per heavy atom. The molecule has 0 aromatic heterocycles. The van der Waals surface area contributed by atoms with Gasteiger partial charge in [-0.05, 0) is 6.92 Å². The third-order valence-electron chi connectivity index (χ3n) is 2.26. The number of rotatable bonds is 4. The van der Waals surface area contributed by atoms with Gasteiger partial charge < -0.3 is 0 Å². The summed E-state index contributed by atoms with van der Waals surface area (Å²) in [5, 5.41) is 0. The first-order valence-corrected chi connectivity index (χ1v) is 7.00.